The number of hydrogen-bond acceptors (Lipinski definition) is 3. The summed E-state index contributed by atoms with van der Waals surface area (Å²) in [6, 6.07) is 15.7. The van der Waals surface area contributed by atoms with E-state index < -0.39 is 0 Å². The molecule has 2 aromatic rings. The minimum absolute atomic E-state index is 0.194. The number of rotatable bonds is 11. The molecule has 1 atom stereocenters. The fraction of sp³-hybridized carbons (Fsp3) is 0.357. The van der Waals surface area contributed by atoms with Crippen LogP contribution in [0.5, 0.6) is 5.75 Å². The van der Waals surface area contributed by atoms with Crippen LogP contribution in [-0.4, -0.2) is 18.7 Å². The van der Waals surface area contributed by atoms with Crippen LogP contribution in [0.15, 0.2) is 71.8 Å². The number of ether oxygens (including phenoxy) is 1. The highest BCUT2D eigenvalue weighted by Gasteiger charge is 2.24. The number of hydrogen-bond donors (Lipinski definition) is 0. The maximum absolute atomic E-state index is 12.7. The molecule has 162 valence electrons. The number of methoxy groups -OCH3 is 1. The molecule has 1 aliphatic carbocycles. The van der Waals surface area contributed by atoms with E-state index in [2.05, 4.69) is 19.1 Å². The predicted molar refractivity (Wildman–Crippen MR) is 125 cm³/mol. The summed E-state index contributed by atoms with van der Waals surface area (Å²) < 4.78 is 5.37. The van der Waals surface area contributed by atoms with Crippen LogP contribution in [0, 0.1) is 12.8 Å². The molecule has 1 unspecified atom stereocenters. The lowest BCUT2D eigenvalue weighted by Crippen LogP contribution is -2.12. The summed E-state index contributed by atoms with van der Waals surface area (Å²) in [4.78, 5) is 25.3. The first kappa shape index (κ1) is 22.7. The van der Waals surface area contributed by atoms with Gasteiger partial charge in [0, 0.05) is 37.2 Å². The molecular formula is C28H32O3. The third-order valence-corrected chi connectivity index (χ3v) is 6.14. The largest absolute Gasteiger partial charge is 0.496 e. The molecule has 0 amide bonds. The molecule has 0 heterocycles. The van der Waals surface area contributed by atoms with Crippen molar-refractivity contribution in [2.75, 3.05) is 7.11 Å². The van der Waals surface area contributed by atoms with Gasteiger partial charge in [-0.05, 0) is 37.0 Å². The Hall–Kier alpha value is -2.94. The van der Waals surface area contributed by atoms with Crippen LogP contribution in [0.1, 0.15) is 49.3 Å². The van der Waals surface area contributed by atoms with E-state index in [4.69, 9.17) is 4.74 Å². The first-order valence-corrected chi connectivity index (χ1v) is 11.1. The molecule has 31 heavy (non-hydrogen) atoms. The second-order valence-electron chi connectivity index (χ2n) is 8.29. The number of carbonyl (C=O) groups excluding carboxylic acids is 2. The fourth-order valence-corrected chi connectivity index (χ4v) is 4.39. The van der Waals surface area contributed by atoms with Crippen molar-refractivity contribution < 1.29 is 14.3 Å². The molecule has 3 heteroatoms. The first-order chi connectivity index (χ1) is 15.0. The van der Waals surface area contributed by atoms with Crippen LogP contribution in [-0.2, 0) is 22.4 Å². The molecule has 3 nitrogen and oxygen atoms in total. The Bertz CT molecular complexity index is 997. The van der Waals surface area contributed by atoms with Gasteiger partial charge in [0.25, 0.3) is 0 Å². The van der Waals surface area contributed by atoms with Gasteiger partial charge >= 0.3 is 0 Å². The van der Waals surface area contributed by atoms with Gasteiger partial charge in [0.2, 0.25) is 0 Å². The highest BCUT2D eigenvalue weighted by atomic mass is 16.5. The Labute approximate surface area is 185 Å². The molecule has 0 fully saturated rings. The van der Waals surface area contributed by atoms with E-state index in [-0.39, 0.29) is 17.5 Å². The van der Waals surface area contributed by atoms with Crippen molar-refractivity contribution >= 4 is 11.6 Å². The normalized spacial score (nSPS) is 15.4. The highest BCUT2D eigenvalue weighted by Crippen LogP contribution is 2.35. The molecule has 1 aliphatic rings. The second-order valence-corrected chi connectivity index (χ2v) is 8.29. The topological polar surface area (TPSA) is 43.4 Å². The summed E-state index contributed by atoms with van der Waals surface area (Å²) in [5.74, 6) is 1.49. The Morgan fingerprint density at radius 2 is 1.48 bits per heavy atom. The quantitative estimate of drug-likeness (QED) is 0.452. The van der Waals surface area contributed by atoms with Gasteiger partial charge in [0.15, 0.2) is 0 Å². The molecule has 0 aliphatic heterocycles. The smallest absolute Gasteiger partial charge is 0.141 e. The van der Waals surface area contributed by atoms with Crippen LogP contribution in [0.3, 0.4) is 0 Å². The third-order valence-electron chi connectivity index (χ3n) is 6.14. The zero-order valence-electron chi connectivity index (χ0n) is 18.8. The molecule has 0 spiro atoms. The third kappa shape index (κ3) is 6.04. The molecule has 0 saturated heterocycles. The van der Waals surface area contributed by atoms with Gasteiger partial charge in [-0.25, -0.2) is 0 Å². The van der Waals surface area contributed by atoms with E-state index in [1.54, 1.807) is 7.11 Å². The van der Waals surface area contributed by atoms with Crippen molar-refractivity contribution in [1.29, 1.82) is 0 Å². The molecule has 0 N–H and O–H groups in total. The van der Waals surface area contributed by atoms with Gasteiger partial charge in [-0.2, -0.15) is 0 Å². The summed E-state index contributed by atoms with van der Waals surface area (Å²) in [5, 5.41) is 0. The predicted octanol–water partition coefficient (Wildman–Crippen LogP) is 5.99. The first-order valence-electron chi connectivity index (χ1n) is 11.1. The van der Waals surface area contributed by atoms with Crippen LogP contribution in [0.4, 0.5) is 0 Å². The zero-order valence-corrected chi connectivity index (χ0v) is 18.8. The molecular weight excluding hydrogens is 384 g/mol. The lowest BCUT2D eigenvalue weighted by Gasteiger charge is -2.18. The van der Waals surface area contributed by atoms with Gasteiger partial charge in [-0.1, -0.05) is 72.7 Å². The van der Waals surface area contributed by atoms with Crippen LogP contribution in [0.25, 0.3) is 0 Å². The summed E-state index contributed by atoms with van der Waals surface area (Å²) in [6.45, 7) is 4.20. The number of aryl methyl sites for hydroxylation is 1. The molecule has 0 saturated carbocycles. The Morgan fingerprint density at radius 1 is 0.839 bits per heavy atom. The van der Waals surface area contributed by atoms with Gasteiger partial charge in [0.05, 0.1) is 7.11 Å². The Kier molecular flexibility index (Phi) is 8.00. The molecule has 0 radical (unpaired) electrons. The van der Waals surface area contributed by atoms with Crippen molar-refractivity contribution in [2.24, 2.45) is 5.92 Å². The molecule has 2 aromatic carbocycles. The maximum atomic E-state index is 12.7. The summed E-state index contributed by atoms with van der Waals surface area (Å²) in [5.41, 5.74) is 5.65. The summed E-state index contributed by atoms with van der Waals surface area (Å²) >= 11 is 0. The lowest BCUT2D eigenvalue weighted by atomic mass is 9.86. The SMILES string of the molecule is CCC1C(CCC(=O)Cc2ccccc2C)=CC=C1CC(=O)Cc1ccccc1OC. The molecule has 0 aromatic heterocycles. The van der Waals surface area contributed by atoms with Crippen LogP contribution >= 0.6 is 0 Å². The summed E-state index contributed by atoms with van der Waals surface area (Å²) in [6.07, 6.45) is 7.81. The van der Waals surface area contributed by atoms with E-state index in [1.165, 1.54) is 16.7 Å². The van der Waals surface area contributed by atoms with Crippen molar-refractivity contribution in [3.8, 4) is 5.75 Å². The standard InChI is InChI=1S/C28H32O3/c1-4-27-21(15-16-25(29)17-22-10-6-5-9-20(22)2)13-14-23(27)18-26(30)19-24-11-7-8-12-28(24)31-3/h5-14,27H,4,15-19H2,1-3H3. The Balaban J connectivity index is 1.52. The van der Waals surface area contributed by atoms with E-state index in [1.807, 2.05) is 55.5 Å². The van der Waals surface area contributed by atoms with Crippen molar-refractivity contribution in [3.63, 3.8) is 0 Å². The minimum atomic E-state index is 0.194. The van der Waals surface area contributed by atoms with E-state index in [0.717, 1.165) is 29.7 Å². The van der Waals surface area contributed by atoms with Crippen molar-refractivity contribution in [1.82, 2.24) is 0 Å². The average Bonchev–Trinajstić information content (AvgIpc) is 3.15. The number of ketones is 2. The number of para-hydroxylation sites is 1. The van der Waals surface area contributed by atoms with E-state index in [0.29, 0.717) is 25.7 Å². The van der Waals surface area contributed by atoms with Crippen molar-refractivity contribution in [3.05, 3.63) is 88.5 Å². The second kappa shape index (κ2) is 10.9. The molecule has 0 bridgehead atoms. The number of Topliss-reactive ketones (excluding diaryl/α,β-unsaturated/α-hetero) is 2. The van der Waals surface area contributed by atoms with Gasteiger partial charge in [0.1, 0.15) is 17.3 Å². The van der Waals surface area contributed by atoms with Crippen LogP contribution < -0.4 is 4.74 Å². The lowest BCUT2D eigenvalue weighted by molar-refractivity contribution is -0.119. The van der Waals surface area contributed by atoms with E-state index >= 15 is 0 Å². The number of carbonyl (C=O) groups is 2. The average molecular weight is 417 g/mol. The Morgan fingerprint density at radius 3 is 2.19 bits per heavy atom. The minimum Gasteiger partial charge on any atom is -0.496 e. The van der Waals surface area contributed by atoms with Crippen LogP contribution in [0.2, 0.25) is 0 Å². The van der Waals surface area contributed by atoms with Gasteiger partial charge in [-0.15, -0.1) is 0 Å². The monoisotopic (exact) mass is 416 g/mol. The van der Waals surface area contributed by atoms with E-state index in [9.17, 15) is 9.59 Å². The molecule has 3 rings (SSSR count). The fourth-order valence-electron chi connectivity index (χ4n) is 4.39. The summed E-state index contributed by atoms with van der Waals surface area (Å²) in [7, 11) is 1.63. The van der Waals surface area contributed by atoms with Crippen molar-refractivity contribution in [2.45, 2.75) is 52.4 Å². The maximum Gasteiger partial charge on any atom is 0.141 e. The van der Waals surface area contributed by atoms with Gasteiger partial charge in [-0.3, -0.25) is 9.59 Å². The highest BCUT2D eigenvalue weighted by molar-refractivity contribution is 5.84. The number of benzene rings is 2. The number of allylic oxidation sites excluding steroid dienone is 4. The zero-order chi connectivity index (χ0) is 22.2. The van der Waals surface area contributed by atoms with Gasteiger partial charge < -0.3 is 4.74 Å².